The lowest BCUT2D eigenvalue weighted by atomic mass is 9.95. The van der Waals surface area contributed by atoms with Gasteiger partial charge in [-0.15, -0.1) is 0 Å². The summed E-state index contributed by atoms with van der Waals surface area (Å²) in [6, 6.07) is 10.6. The first-order valence-electron chi connectivity index (χ1n) is 12.6. The van der Waals surface area contributed by atoms with Crippen LogP contribution in [0.15, 0.2) is 46.9 Å². The van der Waals surface area contributed by atoms with Crippen molar-refractivity contribution >= 4 is 32.9 Å². The summed E-state index contributed by atoms with van der Waals surface area (Å²) >= 11 is 0. The van der Waals surface area contributed by atoms with Crippen LogP contribution in [0.5, 0.6) is 5.75 Å². The number of carbonyl (C=O) groups is 1. The molecule has 0 saturated carbocycles. The molecule has 1 unspecified atom stereocenters. The Balaban J connectivity index is 1.34. The van der Waals surface area contributed by atoms with Crippen molar-refractivity contribution in [2.45, 2.75) is 57.0 Å². The van der Waals surface area contributed by atoms with E-state index in [1.165, 1.54) is 18.9 Å². The molecule has 0 aliphatic carbocycles. The molecular formula is C27H34N4O4S. The van der Waals surface area contributed by atoms with Crippen molar-refractivity contribution in [3.05, 3.63) is 53.1 Å². The SMILES string of the molecule is C/C(=C1/C(=O)Nc2ccc(S(=O)(=O)NC(C)C)cc21)C1Cc2cc(OCCN3CCCC3)ccc2N1. The van der Waals surface area contributed by atoms with E-state index in [0.717, 1.165) is 48.6 Å². The maximum atomic E-state index is 12.9. The zero-order valence-electron chi connectivity index (χ0n) is 21.1. The highest BCUT2D eigenvalue weighted by molar-refractivity contribution is 7.89. The summed E-state index contributed by atoms with van der Waals surface area (Å²) in [5.41, 5.74) is 4.83. The Morgan fingerprint density at radius 1 is 1.14 bits per heavy atom. The molecule has 2 aromatic carbocycles. The normalized spacial score (nSPS) is 20.8. The molecule has 1 saturated heterocycles. The van der Waals surface area contributed by atoms with E-state index in [-0.39, 0.29) is 22.9 Å². The second-order valence-corrected chi connectivity index (χ2v) is 11.8. The lowest BCUT2D eigenvalue weighted by molar-refractivity contribution is -0.110. The summed E-state index contributed by atoms with van der Waals surface area (Å²) in [6.45, 7) is 9.43. The number of likely N-dealkylation sites (tertiary alicyclic amines) is 1. The summed E-state index contributed by atoms with van der Waals surface area (Å²) in [4.78, 5) is 15.5. The van der Waals surface area contributed by atoms with Gasteiger partial charge in [0.25, 0.3) is 5.91 Å². The monoisotopic (exact) mass is 510 g/mol. The van der Waals surface area contributed by atoms with Crippen molar-refractivity contribution in [2.24, 2.45) is 0 Å². The Bertz CT molecular complexity index is 1310. The Labute approximate surface area is 213 Å². The molecule has 8 nitrogen and oxygen atoms in total. The Morgan fingerprint density at radius 2 is 1.89 bits per heavy atom. The van der Waals surface area contributed by atoms with Gasteiger partial charge in [-0.1, -0.05) is 0 Å². The second-order valence-electron chi connectivity index (χ2n) is 10.1. The van der Waals surface area contributed by atoms with E-state index in [1.54, 1.807) is 26.0 Å². The number of ether oxygens (including phenoxy) is 1. The van der Waals surface area contributed by atoms with Gasteiger partial charge in [0.05, 0.1) is 16.5 Å². The van der Waals surface area contributed by atoms with Gasteiger partial charge < -0.3 is 15.4 Å². The lowest BCUT2D eigenvalue weighted by Crippen LogP contribution is -2.30. The molecule has 3 aliphatic heterocycles. The zero-order chi connectivity index (χ0) is 25.4. The smallest absolute Gasteiger partial charge is 0.256 e. The standard InChI is InChI=1S/C27H34N4O4S/c1-17(2)30-36(33,34)21-7-9-24-22(16-21)26(27(32)29-24)18(3)25-15-19-14-20(6-8-23(19)28-25)35-13-12-31-10-4-5-11-31/h6-9,14,16-17,25,28,30H,4-5,10-13,15H2,1-3H3,(H,29,32)/b26-18-. The third-order valence-corrected chi connectivity index (χ3v) is 8.72. The van der Waals surface area contributed by atoms with Gasteiger partial charge in [-0.3, -0.25) is 9.69 Å². The highest BCUT2D eigenvalue weighted by atomic mass is 32.2. The van der Waals surface area contributed by atoms with Gasteiger partial charge in [0.2, 0.25) is 10.0 Å². The van der Waals surface area contributed by atoms with Crippen molar-refractivity contribution in [3.8, 4) is 5.75 Å². The minimum atomic E-state index is -3.67. The summed E-state index contributed by atoms with van der Waals surface area (Å²) in [6.07, 6.45) is 3.27. The number of nitrogens with one attached hydrogen (secondary N) is 3. The third kappa shape index (κ3) is 5.00. The van der Waals surface area contributed by atoms with E-state index < -0.39 is 10.0 Å². The van der Waals surface area contributed by atoms with Crippen LogP contribution < -0.4 is 20.1 Å². The number of benzene rings is 2. The molecule has 3 aliphatic rings. The fourth-order valence-corrected chi connectivity index (χ4v) is 6.52. The average Bonchev–Trinajstić information content (AvgIpc) is 3.55. The molecule has 192 valence electrons. The number of rotatable bonds is 8. The maximum Gasteiger partial charge on any atom is 0.256 e. The van der Waals surface area contributed by atoms with Crippen LogP contribution in [-0.2, 0) is 21.2 Å². The summed E-state index contributed by atoms with van der Waals surface area (Å²) in [5.74, 6) is 0.648. The number of anilines is 2. The molecule has 1 amide bonds. The maximum absolute atomic E-state index is 12.9. The van der Waals surface area contributed by atoms with Crippen molar-refractivity contribution in [3.63, 3.8) is 0 Å². The van der Waals surface area contributed by atoms with Crippen LogP contribution in [0.4, 0.5) is 11.4 Å². The number of hydrogen-bond donors (Lipinski definition) is 3. The van der Waals surface area contributed by atoms with Gasteiger partial charge in [-0.25, -0.2) is 13.1 Å². The molecule has 1 atom stereocenters. The molecule has 9 heteroatoms. The number of nitrogens with zero attached hydrogens (tertiary/aromatic N) is 1. The van der Waals surface area contributed by atoms with Crippen LogP contribution in [0.2, 0.25) is 0 Å². The van der Waals surface area contributed by atoms with E-state index in [4.69, 9.17) is 4.74 Å². The minimum Gasteiger partial charge on any atom is -0.492 e. The highest BCUT2D eigenvalue weighted by Crippen LogP contribution is 2.39. The van der Waals surface area contributed by atoms with Crippen LogP contribution in [0, 0.1) is 0 Å². The lowest BCUT2D eigenvalue weighted by Gasteiger charge is -2.15. The van der Waals surface area contributed by atoms with E-state index in [9.17, 15) is 13.2 Å². The van der Waals surface area contributed by atoms with E-state index >= 15 is 0 Å². The van der Waals surface area contributed by atoms with Crippen molar-refractivity contribution in [1.82, 2.24) is 9.62 Å². The molecule has 0 radical (unpaired) electrons. The van der Waals surface area contributed by atoms with Gasteiger partial charge >= 0.3 is 0 Å². The average molecular weight is 511 g/mol. The molecule has 0 spiro atoms. The van der Waals surface area contributed by atoms with Crippen LogP contribution >= 0.6 is 0 Å². The van der Waals surface area contributed by atoms with E-state index in [1.807, 2.05) is 19.1 Å². The number of sulfonamides is 1. The number of amides is 1. The fourth-order valence-electron chi connectivity index (χ4n) is 5.25. The topological polar surface area (TPSA) is 99.8 Å². The summed E-state index contributed by atoms with van der Waals surface area (Å²) in [7, 11) is -3.67. The second kappa shape index (κ2) is 9.88. The number of hydrogen-bond acceptors (Lipinski definition) is 6. The van der Waals surface area contributed by atoms with Crippen molar-refractivity contribution < 1.29 is 17.9 Å². The van der Waals surface area contributed by atoms with Gasteiger partial charge in [0, 0.05) is 29.5 Å². The quantitative estimate of drug-likeness (QED) is 0.469. The van der Waals surface area contributed by atoms with Crippen molar-refractivity contribution in [2.75, 3.05) is 36.9 Å². The van der Waals surface area contributed by atoms with Gasteiger partial charge in [0.1, 0.15) is 12.4 Å². The van der Waals surface area contributed by atoms with Crippen LogP contribution in [0.1, 0.15) is 44.7 Å². The van der Waals surface area contributed by atoms with E-state index in [2.05, 4.69) is 26.3 Å². The van der Waals surface area contributed by atoms with Crippen LogP contribution in [0.25, 0.3) is 5.57 Å². The Hall–Kier alpha value is -2.88. The molecule has 1 fully saturated rings. The zero-order valence-corrected chi connectivity index (χ0v) is 21.9. The summed E-state index contributed by atoms with van der Waals surface area (Å²) in [5, 5.41) is 6.41. The van der Waals surface area contributed by atoms with Gasteiger partial charge in [-0.2, -0.15) is 0 Å². The molecule has 3 heterocycles. The molecule has 3 N–H and O–H groups in total. The first-order chi connectivity index (χ1) is 17.2. The first-order valence-corrected chi connectivity index (χ1v) is 14.1. The first kappa shape index (κ1) is 24.8. The highest BCUT2D eigenvalue weighted by Gasteiger charge is 2.32. The molecule has 0 aromatic heterocycles. The van der Waals surface area contributed by atoms with Gasteiger partial charge in [0.15, 0.2) is 0 Å². The van der Waals surface area contributed by atoms with E-state index in [0.29, 0.717) is 23.4 Å². The number of carbonyl (C=O) groups excluding carboxylic acids is 1. The number of fused-ring (bicyclic) bond motifs is 2. The van der Waals surface area contributed by atoms with Gasteiger partial charge in [-0.05, 0) is 101 Å². The molecule has 0 bridgehead atoms. The molecule has 5 rings (SSSR count). The predicted molar refractivity (Wildman–Crippen MR) is 142 cm³/mol. The molecule has 36 heavy (non-hydrogen) atoms. The van der Waals surface area contributed by atoms with Crippen LogP contribution in [0.3, 0.4) is 0 Å². The van der Waals surface area contributed by atoms with Crippen molar-refractivity contribution in [1.29, 1.82) is 0 Å². The van der Waals surface area contributed by atoms with Crippen LogP contribution in [-0.4, -0.2) is 57.5 Å². The Morgan fingerprint density at radius 3 is 2.64 bits per heavy atom. The fraction of sp³-hybridized carbons (Fsp3) is 0.444. The molecular weight excluding hydrogens is 476 g/mol. The summed E-state index contributed by atoms with van der Waals surface area (Å²) < 4.78 is 34.1. The molecule has 2 aromatic rings. The largest absolute Gasteiger partial charge is 0.492 e. The Kier molecular flexibility index (Phi) is 6.80. The minimum absolute atomic E-state index is 0.0689. The third-order valence-electron chi connectivity index (χ3n) is 7.06. The predicted octanol–water partition coefficient (Wildman–Crippen LogP) is 3.61.